The van der Waals surface area contributed by atoms with Gasteiger partial charge in [-0.25, -0.2) is 0 Å². The van der Waals surface area contributed by atoms with Gasteiger partial charge in [0.2, 0.25) is 11.8 Å². The van der Waals surface area contributed by atoms with E-state index in [1.807, 2.05) is 24.3 Å². The molecule has 1 saturated heterocycles. The van der Waals surface area contributed by atoms with E-state index in [-0.39, 0.29) is 11.8 Å². The van der Waals surface area contributed by atoms with Crippen LogP contribution < -0.4 is 16.0 Å². The second-order valence-electron chi connectivity index (χ2n) is 6.96. The minimum atomic E-state index is -0.980. The van der Waals surface area contributed by atoms with Crippen molar-refractivity contribution >= 4 is 17.5 Å². The van der Waals surface area contributed by atoms with E-state index in [1.165, 1.54) is 0 Å². The SMILES string of the molecule is Cn1cc(N2CCC(NC(=O)C3(N)Cc4ccccc4C3)C2=O)cn1. The maximum atomic E-state index is 12.8. The fraction of sp³-hybridized carbons (Fsp3) is 0.389. The summed E-state index contributed by atoms with van der Waals surface area (Å²) in [6.07, 6.45) is 5.02. The predicted octanol–water partition coefficient (Wildman–Crippen LogP) is 0.138. The number of hydrogen-bond donors (Lipinski definition) is 2. The lowest BCUT2D eigenvalue weighted by molar-refractivity contribution is -0.130. The molecule has 4 rings (SSSR count). The fourth-order valence-corrected chi connectivity index (χ4v) is 3.73. The second kappa shape index (κ2) is 5.70. The summed E-state index contributed by atoms with van der Waals surface area (Å²) < 4.78 is 1.65. The van der Waals surface area contributed by atoms with Crippen LogP contribution in [-0.2, 0) is 29.5 Å². The highest BCUT2D eigenvalue weighted by Crippen LogP contribution is 2.29. The smallest absolute Gasteiger partial charge is 0.249 e. The third-order valence-corrected chi connectivity index (χ3v) is 5.10. The van der Waals surface area contributed by atoms with Gasteiger partial charge in [-0.3, -0.25) is 14.3 Å². The summed E-state index contributed by atoms with van der Waals surface area (Å²) >= 11 is 0. The number of aryl methyl sites for hydroxylation is 1. The molecule has 7 nitrogen and oxygen atoms in total. The number of hydrogen-bond acceptors (Lipinski definition) is 4. The molecule has 1 aliphatic heterocycles. The number of nitrogens with zero attached hydrogens (tertiary/aromatic N) is 3. The summed E-state index contributed by atoms with van der Waals surface area (Å²) in [5.41, 5.74) is 8.36. The first-order valence-electron chi connectivity index (χ1n) is 8.43. The van der Waals surface area contributed by atoms with Crippen LogP contribution in [0.5, 0.6) is 0 Å². The Hall–Kier alpha value is -2.67. The van der Waals surface area contributed by atoms with Crippen molar-refractivity contribution in [1.82, 2.24) is 15.1 Å². The molecule has 130 valence electrons. The van der Waals surface area contributed by atoms with E-state index in [0.717, 1.165) is 16.8 Å². The predicted molar refractivity (Wildman–Crippen MR) is 92.9 cm³/mol. The lowest BCUT2D eigenvalue weighted by atomic mass is 9.95. The van der Waals surface area contributed by atoms with Gasteiger partial charge in [0.15, 0.2) is 0 Å². The van der Waals surface area contributed by atoms with Crippen molar-refractivity contribution in [3.05, 3.63) is 47.8 Å². The van der Waals surface area contributed by atoms with E-state index in [2.05, 4.69) is 10.4 Å². The molecule has 0 saturated carbocycles. The largest absolute Gasteiger partial charge is 0.343 e. The van der Waals surface area contributed by atoms with Crippen LogP contribution in [0.4, 0.5) is 5.69 Å². The van der Waals surface area contributed by atoms with Gasteiger partial charge in [-0.15, -0.1) is 0 Å². The molecule has 7 heteroatoms. The number of nitrogens with one attached hydrogen (secondary N) is 1. The third kappa shape index (κ3) is 2.70. The van der Waals surface area contributed by atoms with Crippen LogP contribution in [0.1, 0.15) is 17.5 Å². The molecule has 1 atom stereocenters. The van der Waals surface area contributed by atoms with Crippen molar-refractivity contribution in [1.29, 1.82) is 0 Å². The normalized spacial score (nSPS) is 21.4. The molecule has 2 aromatic rings. The van der Waals surface area contributed by atoms with Gasteiger partial charge in [0.1, 0.15) is 11.6 Å². The van der Waals surface area contributed by atoms with Gasteiger partial charge in [-0.1, -0.05) is 24.3 Å². The number of carbonyl (C=O) groups excluding carboxylic acids is 2. The topological polar surface area (TPSA) is 93.2 Å². The van der Waals surface area contributed by atoms with Crippen LogP contribution in [0, 0.1) is 0 Å². The molecule has 1 aliphatic carbocycles. The molecule has 1 unspecified atom stereocenters. The van der Waals surface area contributed by atoms with Crippen molar-refractivity contribution in [3.63, 3.8) is 0 Å². The van der Waals surface area contributed by atoms with Crippen LogP contribution in [0.3, 0.4) is 0 Å². The quantitative estimate of drug-likeness (QED) is 0.832. The second-order valence-corrected chi connectivity index (χ2v) is 6.96. The summed E-state index contributed by atoms with van der Waals surface area (Å²) in [6, 6.07) is 7.38. The van der Waals surface area contributed by atoms with E-state index in [0.29, 0.717) is 25.8 Å². The minimum Gasteiger partial charge on any atom is -0.343 e. The molecule has 0 bridgehead atoms. The summed E-state index contributed by atoms with van der Waals surface area (Å²) in [5, 5.41) is 6.96. The number of aromatic nitrogens is 2. The number of benzene rings is 1. The minimum absolute atomic E-state index is 0.111. The van der Waals surface area contributed by atoms with E-state index in [9.17, 15) is 9.59 Å². The van der Waals surface area contributed by atoms with Crippen molar-refractivity contribution in [2.45, 2.75) is 30.8 Å². The molecular formula is C18H21N5O2. The number of nitrogens with two attached hydrogens (primary N) is 1. The molecule has 1 fully saturated rings. The highest BCUT2D eigenvalue weighted by Gasteiger charge is 2.43. The molecule has 2 amide bonds. The van der Waals surface area contributed by atoms with Crippen molar-refractivity contribution in [2.24, 2.45) is 12.8 Å². The molecule has 3 N–H and O–H groups in total. The van der Waals surface area contributed by atoms with Crippen molar-refractivity contribution in [3.8, 4) is 0 Å². The maximum absolute atomic E-state index is 12.8. The lowest BCUT2D eigenvalue weighted by Crippen LogP contribution is -2.58. The molecule has 0 radical (unpaired) electrons. The molecule has 2 heterocycles. The molecule has 0 spiro atoms. The third-order valence-electron chi connectivity index (χ3n) is 5.10. The monoisotopic (exact) mass is 339 g/mol. The molecule has 2 aliphatic rings. The van der Waals surface area contributed by atoms with Crippen molar-refractivity contribution in [2.75, 3.05) is 11.4 Å². The van der Waals surface area contributed by atoms with Crippen LogP contribution in [0.2, 0.25) is 0 Å². The lowest BCUT2D eigenvalue weighted by Gasteiger charge is -2.24. The summed E-state index contributed by atoms with van der Waals surface area (Å²) in [7, 11) is 1.80. The van der Waals surface area contributed by atoms with Crippen LogP contribution in [0.25, 0.3) is 0 Å². The first-order valence-corrected chi connectivity index (χ1v) is 8.43. The summed E-state index contributed by atoms with van der Waals surface area (Å²) in [6.45, 7) is 0.563. The zero-order valence-electron chi connectivity index (χ0n) is 14.1. The van der Waals surface area contributed by atoms with E-state index < -0.39 is 11.6 Å². The number of amides is 2. The van der Waals surface area contributed by atoms with Gasteiger partial charge < -0.3 is 16.0 Å². The Morgan fingerprint density at radius 3 is 2.60 bits per heavy atom. The Kier molecular flexibility index (Phi) is 3.61. The van der Waals surface area contributed by atoms with E-state index >= 15 is 0 Å². The average molecular weight is 339 g/mol. The number of rotatable bonds is 3. The van der Waals surface area contributed by atoms with Gasteiger partial charge in [0, 0.05) is 19.8 Å². The Bertz CT molecular complexity index is 818. The van der Waals surface area contributed by atoms with Gasteiger partial charge in [0.05, 0.1) is 11.9 Å². The Morgan fingerprint density at radius 2 is 2.00 bits per heavy atom. The van der Waals surface area contributed by atoms with Gasteiger partial charge in [-0.05, 0) is 30.4 Å². The van der Waals surface area contributed by atoms with E-state index in [4.69, 9.17) is 5.73 Å². The number of anilines is 1. The zero-order valence-corrected chi connectivity index (χ0v) is 14.1. The molecule has 25 heavy (non-hydrogen) atoms. The van der Waals surface area contributed by atoms with Gasteiger partial charge in [-0.2, -0.15) is 5.10 Å². The van der Waals surface area contributed by atoms with Crippen LogP contribution in [-0.4, -0.2) is 39.7 Å². The van der Waals surface area contributed by atoms with Crippen LogP contribution in [0.15, 0.2) is 36.7 Å². The Labute approximate surface area is 145 Å². The Balaban J connectivity index is 1.44. The van der Waals surface area contributed by atoms with Gasteiger partial charge in [0.25, 0.3) is 0 Å². The first-order chi connectivity index (χ1) is 12.0. The summed E-state index contributed by atoms with van der Waals surface area (Å²) in [4.78, 5) is 27.0. The van der Waals surface area contributed by atoms with Crippen molar-refractivity contribution < 1.29 is 9.59 Å². The first kappa shape index (κ1) is 15.8. The zero-order chi connectivity index (χ0) is 17.6. The highest BCUT2D eigenvalue weighted by atomic mass is 16.2. The van der Waals surface area contributed by atoms with E-state index in [1.54, 1.807) is 29.0 Å². The summed E-state index contributed by atoms with van der Waals surface area (Å²) in [5.74, 6) is -0.365. The maximum Gasteiger partial charge on any atom is 0.249 e. The highest BCUT2D eigenvalue weighted by molar-refractivity contribution is 6.02. The number of carbonyl (C=O) groups is 2. The standard InChI is InChI=1S/C18H21N5O2/c1-22-11-14(10-20-22)23-7-6-15(16(23)24)21-17(25)18(19)8-12-4-2-3-5-13(12)9-18/h2-5,10-11,15H,6-9,19H2,1H3,(H,21,25). The molecule has 1 aromatic carbocycles. The van der Waals surface area contributed by atoms with Gasteiger partial charge >= 0.3 is 0 Å². The average Bonchev–Trinajstić information content (AvgIpc) is 3.25. The molecular weight excluding hydrogens is 318 g/mol. The fourth-order valence-electron chi connectivity index (χ4n) is 3.73. The van der Waals surface area contributed by atoms with Crippen LogP contribution >= 0.6 is 0 Å². The number of fused-ring (bicyclic) bond motifs is 1. The molecule has 1 aromatic heterocycles. The Morgan fingerprint density at radius 1 is 1.32 bits per heavy atom.